The van der Waals surface area contributed by atoms with Gasteiger partial charge in [-0.3, -0.25) is 0 Å². The third kappa shape index (κ3) is 2.47. The van der Waals surface area contributed by atoms with Gasteiger partial charge >= 0.3 is 0 Å². The molecule has 0 fully saturated rings. The lowest BCUT2D eigenvalue weighted by Crippen LogP contribution is -2.01. The topological polar surface area (TPSA) is 42.2 Å². The summed E-state index contributed by atoms with van der Waals surface area (Å²) in [5, 5.41) is 8.73. The summed E-state index contributed by atoms with van der Waals surface area (Å²) in [6.07, 6.45) is 1.52. The van der Waals surface area contributed by atoms with Crippen molar-refractivity contribution in [2.75, 3.05) is 5.32 Å². The molecular weight excluding hydrogens is 307 g/mol. The van der Waals surface area contributed by atoms with Gasteiger partial charge in [0.05, 0.1) is 6.20 Å². The summed E-state index contributed by atoms with van der Waals surface area (Å²) >= 11 is 17.9. The van der Waals surface area contributed by atoms with E-state index in [1.807, 2.05) is 12.1 Å². The molecule has 0 aliphatic rings. The Bertz CT molecular complexity index is 754. The molecule has 4 nitrogen and oxygen atoms in total. The molecule has 3 aromatic rings. The summed E-state index contributed by atoms with van der Waals surface area (Å²) < 4.78 is 1.58. The van der Waals surface area contributed by atoms with Crippen molar-refractivity contribution < 1.29 is 0 Å². The normalized spacial score (nSPS) is 10.9. The standard InChI is InChI=1S/C12H7Cl3N4/c13-7-2-1-3-8(4-7)17-11-5-10(15)18-12-9(14)6-16-19(11)12/h1-6,17H. The first-order chi connectivity index (χ1) is 9.13. The van der Waals surface area contributed by atoms with Crippen molar-refractivity contribution in [2.45, 2.75) is 0 Å². The Morgan fingerprint density at radius 3 is 2.74 bits per heavy atom. The summed E-state index contributed by atoms with van der Waals surface area (Å²) in [5.41, 5.74) is 1.32. The number of benzene rings is 1. The van der Waals surface area contributed by atoms with Gasteiger partial charge in [-0.1, -0.05) is 40.9 Å². The van der Waals surface area contributed by atoms with Crippen molar-refractivity contribution in [2.24, 2.45) is 0 Å². The fourth-order valence-corrected chi connectivity index (χ4v) is 2.25. The van der Waals surface area contributed by atoms with Crippen LogP contribution in [-0.4, -0.2) is 14.6 Å². The SMILES string of the molecule is Clc1cccc(Nc2cc(Cl)nc3c(Cl)cnn23)c1. The van der Waals surface area contributed by atoms with Crippen molar-refractivity contribution in [1.29, 1.82) is 0 Å². The van der Waals surface area contributed by atoms with Gasteiger partial charge in [-0.15, -0.1) is 0 Å². The van der Waals surface area contributed by atoms with E-state index in [0.29, 0.717) is 26.7 Å². The van der Waals surface area contributed by atoms with Gasteiger partial charge in [0.25, 0.3) is 0 Å². The lowest BCUT2D eigenvalue weighted by Gasteiger charge is -2.09. The second kappa shape index (κ2) is 4.89. The van der Waals surface area contributed by atoms with Gasteiger partial charge < -0.3 is 5.32 Å². The number of nitrogens with zero attached hydrogens (tertiary/aromatic N) is 3. The van der Waals surface area contributed by atoms with E-state index in [1.165, 1.54) is 6.20 Å². The van der Waals surface area contributed by atoms with Crippen molar-refractivity contribution in [3.05, 3.63) is 51.7 Å². The Morgan fingerprint density at radius 2 is 1.95 bits per heavy atom. The minimum absolute atomic E-state index is 0.333. The molecule has 0 unspecified atom stereocenters. The molecule has 96 valence electrons. The summed E-state index contributed by atoms with van der Waals surface area (Å²) in [4.78, 5) is 4.12. The predicted octanol–water partition coefficient (Wildman–Crippen LogP) is 4.43. The van der Waals surface area contributed by atoms with Crippen LogP contribution in [0.25, 0.3) is 5.65 Å². The molecule has 0 saturated heterocycles. The second-order valence-corrected chi connectivity index (χ2v) is 5.06. The van der Waals surface area contributed by atoms with Crippen LogP contribution in [0.5, 0.6) is 0 Å². The average molecular weight is 314 g/mol. The second-order valence-electron chi connectivity index (χ2n) is 3.83. The van der Waals surface area contributed by atoms with Crippen molar-refractivity contribution in [1.82, 2.24) is 14.6 Å². The molecule has 7 heteroatoms. The molecule has 19 heavy (non-hydrogen) atoms. The molecule has 0 aliphatic heterocycles. The van der Waals surface area contributed by atoms with Crippen LogP contribution in [0.3, 0.4) is 0 Å². The van der Waals surface area contributed by atoms with Gasteiger partial charge in [0.1, 0.15) is 16.0 Å². The number of anilines is 2. The quantitative estimate of drug-likeness (QED) is 0.712. The van der Waals surface area contributed by atoms with E-state index in [-0.39, 0.29) is 0 Å². The maximum atomic E-state index is 5.99. The Kier molecular flexibility index (Phi) is 3.22. The van der Waals surface area contributed by atoms with E-state index >= 15 is 0 Å². The van der Waals surface area contributed by atoms with Crippen LogP contribution in [-0.2, 0) is 0 Å². The molecule has 0 bridgehead atoms. The lowest BCUT2D eigenvalue weighted by atomic mass is 10.3. The highest BCUT2D eigenvalue weighted by atomic mass is 35.5. The molecule has 0 aliphatic carbocycles. The van der Waals surface area contributed by atoms with Crippen LogP contribution >= 0.6 is 34.8 Å². The van der Waals surface area contributed by atoms with Crippen molar-refractivity contribution in [3.63, 3.8) is 0 Å². The van der Waals surface area contributed by atoms with Crippen LogP contribution in [0.2, 0.25) is 15.2 Å². The maximum Gasteiger partial charge on any atom is 0.177 e. The van der Waals surface area contributed by atoms with Crippen LogP contribution in [0.15, 0.2) is 36.5 Å². The van der Waals surface area contributed by atoms with E-state index in [2.05, 4.69) is 15.4 Å². The van der Waals surface area contributed by atoms with Crippen LogP contribution in [0.1, 0.15) is 0 Å². The minimum Gasteiger partial charge on any atom is -0.340 e. The highest BCUT2D eigenvalue weighted by Gasteiger charge is 2.09. The van der Waals surface area contributed by atoms with Crippen molar-refractivity contribution in [3.8, 4) is 0 Å². The number of hydrogen-bond donors (Lipinski definition) is 1. The third-order valence-corrected chi connectivity index (χ3v) is 3.19. The molecule has 1 N–H and O–H groups in total. The monoisotopic (exact) mass is 312 g/mol. The molecular formula is C12H7Cl3N4. The molecule has 3 rings (SSSR count). The van der Waals surface area contributed by atoms with Gasteiger partial charge in [-0.05, 0) is 18.2 Å². The van der Waals surface area contributed by atoms with Crippen LogP contribution in [0, 0.1) is 0 Å². The first-order valence-corrected chi connectivity index (χ1v) is 6.49. The molecule has 0 saturated carbocycles. The molecule has 0 amide bonds. The zero-order chi connectivity index (χ0) is 13.4. The number of nitrogens with one attached hydrogen (secondary N) is 1. The molecule has 1 aromatic carbocycles. The summed E-state index contributed by atoms with van der Waals surface area (Å²) in [5.74, 6) is 0.657. The van der Waals surface area contributed by atoms with Gasteiger partial charge in [0.15, 0.2) is 5.65 Å². The van der Waals surface area contributed by atoms with Gasteiger partial charge in [-0.2, -0.15) is 9.61 Å². The van der Waals surface area contributed by atoms with E-state index in [0.717, 1.165) is 5.69 Å². The molecule has 2 heterocycles. The summed E-state index contributed by atoms with van der Waals surface area (Å²) in [6, 6.07) is 9.00. The molecule has 0 spiro atoms. The Balaban J connectivity index is 2.10. The molecule has 0 atom stereocenters. The van der Waals surface area contributed by atoms with Gasteiger partial charge in [0, 0.05) is 16.8 Å². The zero-order valence-corrected chi connectivity index (χ0v) is 11.7. The number of rotatable bonds is 2. The molecule has 0 radical (unpaired) electrons. The number of halogens is 3. The van der Waals surface area contributed by atoms with Crippen LogP contribution < -0.4 is 5.32 Å². The Labute approximate surface area is 123 Å². The summed E-state index contributed by atoms with van der Waals surface area (Å²) in [6.45, 7) is 0. The molecule has 2 aromatic heterocycles. The highest BCUT2D eigenvalue weighted by Crippen LogP contribution is 2.25. The third-order valence-electron chi connectivity index (χ3n) is 2.49. The largest absolute Gasteiger partial charge is 0.340 e. The average Bonchev–Trinajstić information content (AvgIpc) is 2.71. The first kappa shape index (κ1) is 12.5. The smallest absolute Gasteiger partial charge is 0.177 e. The Hall–Kier alpha value is -1.49. The predicted molar refractivity (Wildman–Crippen MR) is 77.7 cm³/mol. The number of fused-ring (bicyclic) bond motifs is 1. The van der Waals surface area contributed by atoms with Crippen molar-refractivity contribution >= 4 is 52.0 Å². The van der Waals surface area contributed by atoms with Gasteiger partial charge in [-0.25, -0.2) is 4.98 Å². The number of aromatic nitrogens is 3. The van der Waals surface area contributed by atoms with E-state index in [9.17, 15) is 0 Å². The van der Waals surface area contributed by atoms with E-state index < -0.39 is 0 Å². The summed E-state index contributed by atoms with van der Waals surface area (Å²) in [7, 11) is 0. The first-order valence-electron chi connectivity index (χ1n) is 5.36. The van der Waals surface area contributed by atoms with Gasteiger partial charge in [0.2, 0.25) is 0 Å². The Morgan fingerprint density at radius 1 is 1.11 bits per heavy atom. The van der Waals surface area contributed by atoms with E-state index in [4.69, 9.17) is 34.8 Å². The zero-order valence-electron chi connectivity index (χ0n) is 9.44. The number of hydrogen-bond acceptors (Lipinski definition) is 3. The minimum atomic E-state index is 0.333. The maximum absolute atomic E-state index is 5.99. The van der Waals surface area contributed by atoms with E-state index in [1.54, 1.807) is 22.7 Å². The van der Waals surface area contributed by atoms with Crippen LogP contribution in [0.4, 0.5) is 11.5 Å². The fraction of sp³-hybridized carbons (Fsp3) is 0. The highest BCUT2D eigenvalue weighted by molar-refractivity contribution is 6.34. The fourth-order valence-electron chi connectivity index (χ4n) is 1.71. The lowest BCUT2D eigenvalue weighted by molar-refractivity contribution is 0.947.